The molecule has 0 aliphatic heterocycles. The van der Waals surface area contributed by atoms with Gasteiger partial charge in [-0.3, -0.25) is 9.69 Å². The Morgan fingerprint density at radius 1 is 0.875 bits per heavy atom. The molecular formula is C36H37N5O5S2. The second kappa shape index (κ2) is 13.8. The number of fused-ring (bicyclic) bond motifs is 1. The molecule has 248 valence electrons. The molecule has 10 nitrogen and oxygen atoms in total. The number of anilines is 2. The molecule has 1 unspecified atom stereocenters. The highest BCUT2D eigenvalue weighted by molar-refractivity contribution is 7.91. The van der Waals surface area contributed by atoms with E-state index in [0.717, 1.165) is 62.2 Å². The molecule has 0 saturated carbocycles. The molecule has 1 atom stereocenters. The summed E-state index contributed by atoms with van der Waals surface area (Å²) in [6, 6.07) is 28.4. The van der Waals surface area contributed by atoms with Crippen LogP contribution in [0.2, 0.25) is 0 Å². The molecule has 0 fully saturated rings. The molecule has 0 spiro atoms. The van der Waals surface area contributed by atoms with E-state index in [4.69, 9.17) is 19.6 Å². The Morgan fingerprint density at radius 2 is 1.48 bits per heavy atom. The minimum Gasteiger partial charge on any atom is -0.497 e. The van der Waals surface area contributed by atoms with Gasteiger partial charge in [-0.05, 0) is 84.5 Å². The first-order valence-corrected chi connectivity index (χ1v) is 17.8. The minimum atomic E-state index is -3.91. The van der Waals surface area contributed by atoms with Gasteiger partial charge in [0, 0.05) is 31.6 Å². The van der Waals surface area contributed by atoms with Crippen molar-refractivity contribution in [2.75, 3.05) is 31.1 Å². The molecule has 5 aromatic rings. The number of aryl methyl sites for hydroxylation is 1. The molecule has 0 radical (unpaired) electrons. The maximum atomic E-state index is 13.5. The number of benzene rings is 3. The van der Waals surface area contributed by atoms with Crippen LogP contribution in [0.15, 0.2) is 89.1 Å². The van der Waals surface area contributed by atoms with Crippen molar-refractivity contribution in [3.8, 4) is 22.8 Å². The van der Waals surface area contributed by atoms with E-state index in [1.54, 1.807) is 28.2 Å². The van der Waals surface area contributed by atoms with Crippen LogP contribution >= 0.6 is 11.3 Å². The van der Waals surface area contributed by atoms with Gasteiger partial charge in [0.05, 0.1) is 25.6 Å². The average molecular weight is 684 g/mol. The third-order valence-electron chi connectivity index (χ3n) is 8.53. The molecule has 6 rings (SSSR count). The van der Waals surface area contributed by atoms with Gasteiger partial charge in [0.2, 0.25) is 15.9 Å². The van der Waals surface area contributed by atoms with Gasteiger partial charge in [0.25, 0.3) is 0 Å². The van der Waals surface area contributed by atoms with Crippen molar-refractivity contribution in [2.24, 2.45) is 11.1 Å². The van der Waals surface area contributed by atoms with Crippen LogP contribution in [0.25, 0.3) is 11.3 Å². The van der Waals surface area contributed by atoms with Crippen LogP contribution in [-0.2, 0) is 40.7 Å². The number of sulfonamides is 1. The van der Waals surface area contributed by atoms with Gasteiger partial charge in [-0.15, -0.1) is 0 Å². The van der Waals surface area contributed by atoms with E-state index in [2.05, 4.69) is 52.3 Å². The van der Waals surface area contributed by atoms with Crippen molar-refractivity contribution in [3.63, 3.8) is 0 Å². The van der Waals surface area contributed by atoms with E-state index in [9.17, 15) is 13.2 Å². The van der Waals surface area contributed by atoms with Crippen LogP contribution in [0.4, 0.5) is 10.9 Å². The summed E-state index contributed by atoms with van der Waals surface area (Å²) in [4.78, 5) is 26.6. The number of amides is 1. The van der Waals surface area contributed by atoms with Crippen LogP contribution < -0.4 is 24.4 Å². The first-order chi connectivity index (χ1) is 23.0. The monoisotopic (exact) mass is 683 g/mol. The van der Waals surface area contributed by atoms with E-state index in [-0.39, 0.29) is 21.7 Å². The number of hydrogen-bond donors (Lipinski definition) is 1. The summed E-state index contributed by atoms with van der Waals surface area (Å²) in [6.45, 7) is 2.86. The number of thiazole rings is 1. The third-order valence-corrected chi connectivity index (χ3v) is 11.3. The number of methoxy groups -OCH3 is 2. The zero-order valence-electron chi connectivity index (χ0n) is 27.2. The lowest BCUT2D eigenvalue weighted by atomic mass is 10.0. The predicted molar refractivity (Wildman–Crippen MR) is 188 cm³/mol. The standard InChI is InChI=1S/C36H37N5O5S2/c1-23-35(48(37,43)44)47-36(38-23)40(2)34(42)29-18-26-12-13-27(19-28(26)20-29)32-6-5-7-33(39-32)41(21-24-8-14-30(45-3)15-9-24)22-25-10-16-31(46-4)17-11-25/h5-17,19,29H,18,20-22H2,1-4H3,(H2,37,43,44). The van der Waals surface area contributed by atoms with Gasteiger partial charge < -0.3 is 14.4 Å². The highest BCUT2D eigenvalue weighted by Crippen LogP contribution is 2.35. The van der Waals surface area contributed by atoms with E-state index in [1.165, 1.54) is 4.90 Å². The number of nitrogens with zero attached hydrogens (tertiary/aromatic N) is 4. The second-order valence-corrected chi connectivity index (χ2v) is 14.6. The average Bonchev–Trinajstić information content (AvgIpc) is 3.71. The van der Waals surface area contributed by atoms with Crippen molar-refractivity contribution in [3.05, 3.63) is 113 Å². The van der Waals surface area contributed by atoms with Crippen molar-refractivity contribution in [2.45, 2.75) is 37.1 Å². The number of carbonyl (C=O) groups excluding carboxylic acids is 1. The summed E-state index contributed by atoms with van der Waals surface area (Å²) < 4.78 is 34.5. The maximum Gasteiger partial charge on any atom is 0.249 e. The van der Waals surface area contributed by atoms with Gasteiger partial charge in [-0.25, -0.2) is 23.5 Å². The van der Waals surface area contributed by atoms with E-state index in [0.29, 0.717) is 31.1 Å². The quantitative estimate of drug-likeness (QED) is 0.186. The van der Waals surface area contributed by atoms with E-state index < -0.39 is 10.0 Å². The van der Waals surface area contributed by atoms with Gasteiger partial charge in [-0.2, -0.15) is 0 Å². The molecule has 48 heavy (non-hydrogen) atoms. The van der Waals surface area contributed by atoms with Crippen molar-refractivity contribution < 1.29 is 22.7 Å². The van der Waals surface area contributed by atoms with E-state index >= 15 is 0 Å². The van der Waals surface area contributed by atoms with Gasteiger partial charge in [0.15, 0.2) is 9.34 Å². The van der Waals surface area contributed by atoms with Crippen LogP contribution in [0.1, 0.15) is 27.9 Å². The summed E-state index contributed by atoms with van der Waals surface area (Å²) >= 11 is 0.910. The molecular weight excluding hydrogens is 647 g/mol. The zero-order chi connectivity index (χ0) is 34.0. The lowest BCUT2D eigenvalue weighted by Crippen LogP contribution is -2.33. The largest absolute Gasteiger partial charge is 0.497 e. The van der Waals surface area contributed by atoms with Crippen LogP contribution in [0, 0.1) is 12.8 Å². The Hall–Kier alpha value is -4.78. The number of pyridine rings is 1. The summed E-state index contributed by atoms with van der Waals surface area (Å²) in [6.07, 6.45) is 1.16. The van der Waals surface area contributed by atoms with Crippen LogP contribution in [-0.4, -0.2) is 45.6 Å². The summed E-state index contributed by atoms with van der Waals surface area (Å²) in [5, 5.41) is 5.64. The molecule has 0 saturated heterocycles. The lowest BCUT2D eigenvalue weighted by molar-refractivity contribution is -0.121. The molecule has 12 heteroatoms. The zero-order valence-corrected chi connectivity index (χ0v) is 28.8. The van der Waals surface area contributed by atoms with E-state index in [1.807, 2.05) is 42.5 Å². The molecule has 1 aliphatic rings. The number of carbonyl (C=O) groups is 1. The smallest absolute Gasteiger partial charge is 0.249 e. The molecule has 2 aromatic heterocycles. The highest BCUT2D eigenvalue weighted by atomic mass is 32.2. The number of nitrogens with two attached hydrogens (primary N) is 1. The van der Waals surface area contributed by atoms with Crippen LogP contribution in [0.3, 0.4) is 0 Å². The first-order valence-electron chi connectivity index (χ1n) is 15.4. The van der Waals surface area contributed by atoms with Gasteiger partial charge in [0.1, 0.15) is 17.3 Å². The lowest BCUT2D eigenvalue weighted by Gasteiger charge is -2.25. The molecule has 0 bridgehead atoms. The number of primary sulfonamides is 1. The SMILES string of the molecule is COc1ccc(CN(Cc2ccc(OC)cc2)c2cccc(-c3ccc4c(c3)CC(C(=O)N(C)c3nc(C)c(S(N)(=O)=O)s3)C4)n2)cc1. The number of ether oxygens (including phenoxy) is 2. The Bertz CT molecular complexity index is 2000. The maximum absolute atomic E-state index is 13.5. The fourth-order valence-electron chi connectivity index (χ4n) is 5.98. The predicted octanol–water partition coefficient (Wildman–Crippen LogP) is 5.76. The fourth-order valence-corrected chi connectivity index (χ4v) is 7.89. The first kappa shape index (κ1) is 33.1. The Morgan fingerprint density at radius 3 is 2.04 bits per heavy atom. The van der Waals surface area contributed by atoms with Gasteiger partial charge >= 0.3 is 0 Å². The molecule has 2 N–H and O–H groups in total. The summed E-state index contributed by atoms with van der Waals surface area (Å²) in [5.74, 6) is 2.05. The minimum absolute atomic E-state index is 0.0298. The molecule has 2 heterocycles. The highest BCUT2D eigenvalue weighted by Gasteiger charge is 2.32. The number of rotatable bonds is 11. The fraction of sp³-hybridized carbons (Fsp3) is 0.250. The Labute approximate surface area is 284 Å². The normalized spacial score (nSPS) is 14.0. The molecule has 1 amide bonds. The molecule has 3 aromatic carbocycles. The van der Waals surface area contributed by atoms with Crippen molar-refractivity contribution in [1.82, 2.24) is 9.97 Å². The number of aromatic nitrogens is 2. The molecule has 1 aliphatic carbocycles. The second-order valence-electron chi connectivity index (χ2n) is 11.8. The third kappa shape index (κ3) is 7.20. The summed E-state index contributed by atoms with van der Waals surface area (Å²) in [7, 11) is 1.03. The number of hydrogen-bond acceptors (Lipinski definition) is 9. The summed E-state index contributed by atoms with van der Waals surface area (Å²) in [5.41, 5.74) is 6.57. The van der Waals surface area contributed by atoms with Crippen molar-refractivity contribution >= 4 is 38.2 Å². The topological polar surface area (TPSA) is 128 Å². The Kier molecular flexibility index (Phi) is 9.49. The van der Waals surface area contributed by atoms with Crippen molar-refractivity contribution in [1.29, 1.82) is 0 Å². The van der Waals surface area contributed by atoms with Crippen LogP contribution in [0.5, 0.6) is 11.5 Å². The van der Waals surface area contributed by atoms with Gasteiger partial charge in [-0.1, -0.05) is 53.8 Å². The Balaban J connectivity index is 1.22.